The zero-order valence-corrected chi connectivity index (χ0v) is 11.2. The Morgan fingerprint density at radius 2 is 1.53 bits per heavy atom. The average molecular weight is 247 g/mol. The molecule has 0 aromatic heterocycles. The van der Waals surface area contributed by atoms with E-state index in [4.69, 9.17) is 14.2 Å². The van der Waals surface area contributed by atoms with Crippen molar-refractivity contribution < 1.29 is 19.0 Å². The Morgan fingerprint density at radius 3 is 2.06 bits per heavy atom. The topological polar surface area (TPSA) is 56.8 Å². The highest BCUT2D eigenvalue weighted by Crippen LogP contribution is 1.94. The third-order valence-corrected chi connectivity index (χ3v) is 2.13. The molecule has 0 saturated carbocycles. The molecule has 0 aromatic rings. The molecule has 5 heteroatoms. The Balaban J connectivity index is 3.06. The molecule has 0 aliphatic carbocycles. The minimum Gasteiger partial charge on any atom is -0.378 e. The van der Waals surface area contributed by atoms with Crippen LogP contribution in [-0.4, -0.2) is 59.0 Å². The summed E-state index contributed by atoms with van der Waals surface area (Å²) < 4.78 is 15.7. The van der Waals surface area contributed by atoms with Gasteiger partial charge in [0.2, 0.25) is 0 Å². The van der Waals surface area contributed by atoms with Gasteiger partial charge >= 0.3 is 0 Å². The highest BCUT2D eigenvalue weighted by atomic mass is 16.5. The molecule has 102 valence electrons. The molecule has 0 spiro atoms. The smallest absolute Gasteiger partial charge is 0.160 e. The van der Waals surface area contributed by atoms with Crippen molar-refractivity contribution in [3.8, 4) is 0 Å². The fourth-order valence-electron chi connectivity index (χ4n) is 0.953. The van der Waals surface area contributed by atoms with E-state index in [1.54, 1.807) is 0 Å². The van der Waals surface area contributed by atoms with Crippen LogP contribution in [0.1, 0.15) is 13.8 Å². The molecule has 0 saturated heterocycles. The van der Waals surface area contributed by atoms with Gasteiger partial charge in [0.05, 0.1) is 33.0 Å². The van der Waals surface area contributed by atoms with Gasteiger partial charge in [-0.05, 0) is 7.05 Å². The SMILES string of the molecule is CNCCOCCOCCOCC(=O)C(C)C. The molecule has 0 radical (unpaired) electrons. The van der Waals surface area contributed by atoms with Crippen molar-refractivity contribution in [1.82, 2.24) is 5.32 Å². The first-order valence-electron chi connectivity index (χ1n) is 6.09. The monoisotopic (exact) mass is 247 g/mol. The molecule has 5 nitrogen and oxygen atoms in total. The van der Waals surface area contributed by atoms with Crippen molar-refractivity contribution in [3.05, 3.63) is 0 Å². The van der Waals surface area contributed by atoms with Crippen LogP contribution in [0, 0.1) is 5.92 Å². The quantitative estimate of drug-likeness (QED) is 0.508. The third-order valence-electron chi connectivity index (χ3n) is 2.13. The van der Waals surface area contributed by atoms with Gasteiger partial charge in [-0.3, -0.25) is 4.79 Å². The maximum absolute atomic E-state index is 11.2. The van der Waals surface area contributed by atoms with E-state index in [0.29, 0.717) is 33.0 Å². The van der Waals surface area contributed by atoms with Crippen LogP contribution in [0.2, 0.25) is 0 Å². The number of carbonyl (C=O) groups is 1. The second-order valence-corrected chi connectivity index (χ2v) is 4.00. The summed E-state index contributed by atoms with van der Waals surface area (Å²) >= 11 is 0. The van der Waals surface area contributed by atoms with Gasteiger partial charge in [-0.15, -0.1) is 0 Å². The van der Waals surface area contributed by atoms with Gasteiger partial charge in [-0.1, -0.05) is 13.8 Å². The van der Waals surface area contributed by atoms with Crippen LogP contribution in [-0.2, 0) is 19.0 Å². The van der Waals surface area contributed by atoms with Crippen LogP contribution in [0.15, 0.2) is 0 Å². The fraction of sp³-hybridized carbons (Fsp3) is 0.917. The Morgan fingerprint density at radius 1 is 1.00 bits per heavy atom. The van der Waals surface area contributed by atoms with E-state index < -0.39 is 0 Å². The van der Waals surface area contributed by atoms with E-state index in [-0.39, 0.29) is 18.3 Å². The summed E-state index contributed by atoms with van der Waals surface area (Å²) in [5, 5.41) is 2.99. The Bertz CT molecular complexity index is 185. The number of hydrogen-bond donors (Lipinski definition) is 1. The summed E-state index contributed by atoms with van der Waals surface area (Å²) in [5.41, 5.74) is 0. The highest BCUT2D eigenvalue weighted by molar-refractivity contribution is 5.81. The Hall–Kier alpha value is -0.490. The van der Waals surface area contributed by atoms with Crippen LogP contribution >= 0.6 is 0 Å². The van der Waals surface area contributed by atoms with Crippen LogP contribution in [0.5, 0.6) is 0 Å². The number of likely N-dealkylation sites (N-methyl/N-ethyl adjacent to an activating group) is 1. The largest absolute Gasteiger partial charge is 0.378 e. The minimum absolute atomic E-state index is 0.0384. The first-order valence-corrected chi connectivity index (χ1v) is 6.09. The molecule has 0 fully saturated rings. The van der Waals surface area contributed by atoms with Crippen LogP contribution in [0.3, 0.4) is 0 Å². The molecule has 1 N–H and O–H groups in total. The maximum atomic E-state index is 11.2. The predicted octanol–water partition coefficient (Wildman–Crippen LogP) is 0.481. The van der Waals surface area contributed by atoms with Crippen LogP contribution in [0.25, 0.3) is 0 Å². The minimum atomic E-state index is 0.0384. The Kier molecular flexibility index (Phi) is 11.6. The molecule has 0 aliphatic rings. The summed E-state index contributed by atoms with van der Waals surface area (Å²) in [5.74, 6) is 0.164. The van der Waals surface area contributed by atoms with E-state index >= 15 is 0 Å². The van der Waals surface area contributed by atoms with E-state index in [9.17, 15) is 4.79 Å². The molecule has 0 amide bonds. The van der Waals surface area contributed by atoms with Gasteiger partial charge in [0.25, 0.3) is 0 Å². The zero-order chi connectivity index (χ0) is 12.9. The number of ketones is 1. The lowest BCUT2D eigenvalue weighted by Gasteiger charge is -2.07. The van der Waals surface area contributed by atoms with Crippen molar-refractivity contribution >= 4 is 5.78 Å². The van der Waals surface area contributed by atoms with Gasteiger partial charge in [0.15, 0.2) is 5.78 Å². The van der Waals surface area contributed by atoms with E-state index in [0.717, 1.165) is 6.54 Å². The first kappa shape index (κ1) is 16.5. The van der Waals surface area contributed by atoms with Crippen LogP contribution in [0.4, 0.5) is 0 Å². The van der Waals surface area contributed by atoms with Gasteiger partial charge < -0.3 is 19.5 Å². The van der Waals surface area contributed by atoms with Gasteiger partial charge in [0, 0.05) is 12.5 Å². The molecule has 0 heterocycles. The summed E-state index contributed by atoms with van der Waals surface area (Å²) in [6.07, 6.45) is 0. The number of hydrogen-bond acceptors (Lipinski definition) is 5. The van der Waals surface area contributed by atoms with Gasteiger partial charge in [0.1, 0.15) is 6.61 Å². The molecule has 0 atom stereocenters. The number of nitrogens with one attached hydrogen (secondary N) is 1. The Labute approximate surface area is 104 Å². The molecule has 0 rings (SSSR count). The van der Waals surface area contributed by atoms with Crippen molar-refractivity contribution in [1.29, 1.82) is 0 Å². The van der Waals surface area contributed by atoms with Gasteiger partial charge in [-0.25, -0.2) is 0 Å². The lowest BCUT2D eigenvalue weighted by Crippen LogP contribution is -2.18. The summed E-state index contributed by atoms with van der Waals surface area (Å²) in [7, 11) is 1.88. The van der Waals surface area contributed by atoms with Crippen molar-refractivity contribution in [2.24, 2.45) is 5.92 Å². The average Bonchev–Trinajstić information content (AvgIpc) is 2.31. The van der Waals surface area contributed by atoms with E-state index in [1.165, 1.54) is 0 Å². The lowest BCUT2D eigenvalue weighted by molar-refractivity contribution is -0.127. The second-order valence-electron chi connectivity index (χ2n) is 4.00. The summed E-state index contributed by atoms with van der Waals surface area (Å²) in [4.78, 5) is 11.2. The number of rotatable bonds is 12. The third kappa shape index (κ3) is 11.8. The standard InChI is InChI=1S/C12H25NO4/c1-11(2)12(14)10-17-9-8-16-7-6-15-5-4-13-3/h11,13H,4-10H2,1-3H3. The number of Topliss-reactive ketones (excluding diaryl/α,β-unsaturated/α-hetero) is 1. The van der Waals surface area contributed by atoms with Crippen molar-refractivity contribution in [2.45, 2.75) is 13.8 Å². The molecular formula is C12H25NO4. The summed E-state index contributed by atoms with van der Waals surface area (Å²) in [6.45, 7) is 7.56. The summed E-state index contributed by atoms with van der Waals surface area (Å²) in [6, 6.07) is 0. The molecule has 0 bridgehead atoms. The zero-order valence-electron chi connectivity index (χ0n) is 11.2. The van der Waals surface area contributed by atoms with Crippen molar-refractivity contribution in [3.63, 3.8) is 0 Å². The number of carbonyl (C=O) groups excluding carboxylic acids is 1. The first-order chi connectivity index (χ1) is 8.18. The normalized spacial score (nSPS) is 11.1. The van der Waals surface area contributed by atoms with Crippen molar-refractivity contribution in [2.75, 3.05) is 53.2 Å². The predicted molar refractivity (Wildman–Crippen MR) is 66.2 cm³/mol. The van der Waals surface area contributed by atoms with Gasteiger partial charge in [-0.2, -0.15) is 0 Å². The number of ether oxygens (including phenoxy) is 3. The lowest BCUT2D eigenvalue weighted by atomic mass is 10.1. The maximum Gasteiger partial charge on any atom is 0.160 e. The molecular weight excluding hydrogens is 222 g/mol. The molecule has 0 unspecified atom stereocenters. The fourth-order valence-corrected chi connectivity index (χ4v) is 0.953. The van der Waals surface area contributed by atoms with E-state index in [2.05, 4.69) is 5.32 Å². The second kappa shape index (κ2) is 12.0. The molecule has 17 heavy (non-hydrogen) atoms. The molecule has 0 aliphatic heterocycles. The molecule has 0 aromatic carbocycles. The van der Waals surface area contributed by atoms with E-state index in [1.807, 2.05) is 20.9 Å². The van der Waals surface area contributed by atoms with Crippen LogP contribution < -0.4 is 5.32 Å². The highest BCUT2D eigenvalue weighted by Gasteiger charge is 2.06.